The summed E-state index contributed by atoms with van der Waals surface area (Å²) in [6.45, 7) is 12.8. The van der Waals surface area contributed by atoms with Crippen LogP contribution in [0.5, 0.6) is 0 Å². The Kier molecular flexibility index (Phi) is 5.39. The zero-order chi connectivity index (χ0) is 16.3. The molecule has 0 bridgehead atoms. The molecule has 2 aliphatic rings. The molecule has 3 heterocycles. The molecule has 0 aliphatic carbocycles. The number of nitrogens with zero attached hydrogens (tertiary/aromatic N) is 2. The monoisotopic (exact) mass is 322 g/mol. The first-order valence-corrected chi connectivity index (χ1v) is 8.94. The lowest BCUT2D eigenvalue weighted by Gasteiger charge is -2.49. The fourth-order valence-electron chi connectivity index (χ4n) is 4.13. The van der Waals surface area contributed by atoms with E-state index >= 15 is 0 Å². The SMILES string of the molecule is CCOC[C@H]1COCCC12CCN(Cc1c(C)noc1C)CC2. The van der Waals surface area contributed by atoms with Gasteiger partial charge in [-0.2, -0.15) is 0 Å². The number of rotatable bonds is 5. The van der Waals surface area contributed by atoms with Gasteiger partial charge in [0.1, 0.15) is 5.76 Å². The number of aromatic nitrogens is 1. The zero-order valence-corrected chi connectivity index (χ0v) is 14.8. The van der Waals surface area contributed by atoms with Gasteiger partial charge in [0.25, 0.3) is 0 Å². The Morgan fingerprint density at radius 3 is 2.70 bits per heavy atom. The minimum Gasteiger partial charge on any atom is -0.381 e. The first-order chi connectivity index (χ1) is 11.1. The molecular weight excluding hydrogens is 292 g/mol. The van der Waals surface area contributed by atoms with Gasteiger partial charge in [-0.05, 0) is 58.5 Å². The highest BCUT2D eigenvalue weighted by Crippen LogP contribution is 2.45. The standard InChI is InChI=1S/C18H30N2O3/c1-4-21-12-16-13-22-10-7-18(16)5-8-20(9-6-18)11-17-14(2)19-23-15(17)3/h16H,4-13H2,1-3H3/t16-/m0/s1. The quantitative estimate of drug-likeness (QED) is 0.834. The molecular formula is C18H30N2O3. The van der Waals surface area contributed by atoms with E-state index in [0.717, 1.165) is 57.5 Å². The first-order valence-electron chi connectivity index (χ1n) is 8.94. The van der Waals surface area contributed by atoms with Gasteiger partial charge in [-0.15, -0.1) is 0 Å². The lowest BCUT2D eigenvalue weighted by atomic mass is 9.66. The highest BCUT2D eigenvalue weighted by atomic mass is 16.5. The summed E-state index contributed by atoms with van der Waals surface area (Å²) in [5.74, 6) is 1.51. The molecule has 23 heavy (non-hydrogen) atoms. The highest BCUT2D eigenvalue weighted by Gasteiger charge is 2.43. The summed E-state index contributed by atoms with van der Waals surface area (Å²) in [5, 5.41) is 4.08. The van der Waals surface area contributed by atoms with Crippen molar-refractivity contribution in [3.05, 3.63) is 17.0 Å². The fraction of sp³-hybridized carbons (Fsp3) is 0.833. The zero-order valence-electron chi connectivity index (χ0n) is 14.8. The van der Waals surface area contributed by atoms with Gasteiger partial charge in [-0.25, -0.2) is 0 Å². The summed E-state index contributed by atoms with van der Waals surface area (Å²) in [4.78, 5) is 2.55. The molecule has 5 heteroatoms. The smallest absolute Gasteiger partial charge is 0.138 e. The van der Waals surface area contributed by atoms with Crippen molar-refractivity contribution in [3.8, 4) is 0 Å². The summed E-state index contributed by atoms with van der Waals surface area (Å²) in [7, 11) is 0. The predicted molar refractivity (Wildman–Crippen MR) is 88.3 cm³/mol. The molecule has 3 rings (SSSR count). The molecule has 0 aromatic carbocycles. The summed E-state index contributed by atoms with van der Waals surface area (Å²) >= 11 is 0. The summed E-state index contributed by atoms with van der Waals surface area (Å²) in [6, 6.07) is 0. The van der Waals surface area contributed by atoms with Gasteiger partial charge >= 0.3 is 0 Å². The lowest BCUT2D eigenvalue weighted by molar-refractivity contribution is -0.0993. The maximum atomic E-state index is 5.74. The van der Waals surface area contributed by atoms with Crippen molar-refractivity contribution in [2.24, 2.45) is 11.3 Å². The Hall–Kier alpha value is -0.910. The highest BCUT2D eigenvalue weighted by molar-refractivity contribution is 5.20. The molecule has 2 aliphatic heterocycles. The Morgan fingerprint density at radius 2 is 2.04 bits per heavy atom. The molecule has 0 amide bonds. The second-order valence-electron chi connectivity index (χ2n) is 7.12. The van der Waals surface area contributed by atoms with Gasteiger partial charge in [-0.3, -0.25) is 4.90 Å². The third-order valence-corrected chi connectivity index (χ3v) is 5.87. The van der Waals surface area contributed by atoms with Crippen molar-refractivity contribution in [3.63, 3.8) is 0 Å². The maximum absolute atomic E-state index is 5.74. The third-order valence-electron chi connectivity index (χ3n) is 5.87. The van der Waals surface area contributed by atoms with Crippen LogP contribution >= 0.6 is 0 Å². The van der Waals surface area contributed by atoms with Crippen molar-refractivity contribution in [1.29, 1.82) is 0 Å². The van der Waals surface area contributed by atoms with E-state index in [1.807, 2.05) is 13.8 Å². The maximum Gasteiger partial charge on any atom is 0.138 e. The average Bonchev–Trinajstić information content (AvgIpc) is 2.88. The molecule has 1 spiro atoms. The van der Waals surface area contributed by atoms with E-state index in [1.165, 1.54) is 24.8 Å². The Balaban J connectivity index is 1.60. The van der Waals surface area contributed by atoms with Crippen LogP contribution in [0.25, 0.3) is 0 Å². The van der Waals surface area contributed by atoms with Gasteiger partial charge < -0.3 is 14.0 Å². The van der Waals surface area contributed by atoms with Gasteiger partial charge in [-0.1, -0.05) is 5.16 Å². The topological polar surface area (TPSA) is 47.7 Å². The molecule has 0 radical (unpaired) electrons. The van der Waals surface area contributed by atoms with Crippen molar-refractivity contribution < 1.29 is 14.0 Å². The van der Waals surface area contributed by atoms with Crippen LogP contribution in [-0.4, -0.2) is 49.6 Å². The molecule has 2 fully saturated rings. The number of hydrogen-bond donors (Lipinski definition) is 0. The van der Waals surface area contributed by atoms with E-state index in [-0.39, 0.29) is 0 Å². The minimum atomic E-state index is 0.419. The van der Waals surface area contributed by atoms with Gasteiger partial charge in [0.05, 0.1) is 18.9 Å². The van der Waals surface area contributed by atoms with Crippen molar-refractivity contribution in [2.75, 3.05) is 39.5 Å². The van der Waals surface area contributed by atoms with Crippen LogP contribution in [-0.2, 0) is 16.0 Å². The Labute approximate surface area is 139 Å². The second kappa shape index (κ2) is 7.32. The largest absolute Gasteiger partial charge is 0.381 e. The molecule has 0 unspecified atom stereocenters. The molecule has 130 valence electrons. The molecule has 1 atom stereocenters. The van der Waals surface area contributed by atoms with Crippen LogP contribution < -0.4 is 0 Å². The summed E-state index contributed by atoms with van der Waals surface area (Å²) in [6.07, 6.45) is 3.68. The van der Waals surface area contributed by atoms with Crippen LogP contribution in [0, 0.1) is 25.2 Å². The van der Waals surface area contributed by atoms with E-state index < -0.39 is 0 Å². The Morgan fingerprint density at radius 1 is 1.26 bits per heavy atom. The van der Waals surface area contributed by atoms with Gasteiger partial charge in [0, 0.05) is 31.2 Å². The number of aryl methyl sites for hydroxylation is 2. The van der Waals surface area contributed by atoms with Crippen LogP contribution in [0.2, 0.25) is 0 Å². The lowest BCUT2D eigenvalue weighted by Crippen LogP contribution is -2.49. The van der Waals surface area contributed by atoms with Crippen molar-refractivity contribution >= 4 is 0 Å². The third kappa shape index (κ3) is 3.62. The van der Waals surface area contributed by atoms with E-state index in [4.69, 9.17) is 14.0 Å². The number of hydrogen-bond acceptors (Lipinski definition) is 5. The molecule has 5 nitrogen and oxygen atoms in total. The van der Waals surface area contributed by atoms with Gasteiger partial charge in [0.2, 0.25) is 0 Å². The summed E-state index contributed by atoms with van der Waals surface area (Å²) in [5.41, 5.74) is 2.71. The number of piperidine rings is 1. The molecule has 1 aromatic heterocycles. The first kappa shape index (κ1) is 16.9. The second-order valence-corrected chi connectivity index (χ2v) is 7.12. The predicted octanol–water partition coefficient (Wildman–Crippen LogP) is 2.95. The fourth-order valence-corrected chi connectivity index (χ4v) is 4.13. The van der Waals surface area contributed by atoms with E-state index in [9.17, 15) is 0 Å². The number of ether oxygens (including phenoxy) is 2. The molecule has 2 saturated heterocycles. The molecule has 0 N–H and O–H groups in total. The Bertz CT molecular complexity index is 487. The number of likely N-dealkylation sites (tertiary alicyclic amines) is 1. The van der Waals surface area contributed by atoms with Crippen LogP contribution in [0.1, 0.15) is 43.2 Å². The van der Waals surface area contributed by atoms with Crippen molar-refractivity contribution in [1.82, 2.24) is 10.1 Å². The average molecular weight is 322 g/mol. The van der Waals surface area contributed by atoms with Gasteiger partial charge in [0.15, 0.2) is 0 Å². The van der Waals surface area contributed by atoms with Crippen LogP contribution in [0.3, 0.4) is 0 Å². The molecule has 1 aromatic rings. The van der Waals surface area contributed by atoms with Crippen LogP contribution in [0.4, 0.5) is 0 Å². The normalized spacial score (nSPS) is 25.1. The van der Waals surface area contributed by atoms with E-state index in [1.54, 1.807) is 0 Å². The van der Waals surface area contributed by atoms with Crippen LogP contribution in [0.15, 0.2) is 4.52 Å². The van der Waals surface area contributed by atoms with E-state index in [0.29, 0.717) is 11.3 Å². The minimum absolute atomic E-state index is 0.419. The van der Waals surface area contributed by atoms with Crippen molar-refractivity contribution in [2.45, 2.75) is 46.6 Å². The summed E-state index contributed by atoms with van der Waals surface area (Å²) < 4.78 is 16.8. The molecule has 0 saturated carbocycles. The van der Waals surface area contributed by atoms with E-state index in [2.05, 4.69) is 17.0 Å².